The van der Waals surface area contributed by atoms with E-state index in [1.165, 1.54) is 29.8 Å². The Morgan fingerprint density at radius 2 is 1.85 bits per heavy atom. The van der Waals surface area contributed by atoms with Gasteiger partial charge in [0.2, 0.25) is 0 Å². The number of thiazole rings is 1. The van der Waals surface area contributed by atoms with Gasteiger partial charge in [-0.05, 0) is 85.1 Å². The zero-order chi connectivity index (χ0) is 33.0. The first-order chi connectivity index (χ1) is 22.0. The molecule has 2 unspecified atom stereocenters. The van der Waals surface area contributed by atoms with Crippen LogP contribution in [0.25, 0.3) is 22.2 Å². The third kappa shape index (κ3) is 7.49. The monoisotopic (exact) mass is 728 g/mol. The Hall–Kier alpha value is -3.65. The van der Waals surface area contributed by atoms with Crippen LogP contribution in [0.4, 0.5) is 15.9 Å². The molecule has 3 aromatic carbocycles. The molecule has 0 saturated heterocycles. The molecule has 13 heteroatoms. The number of sulfone groups is 1. The summed E-state index contributed by atoms with van der Waals surface area (Å²) in [5, 5.41) is 6.15. The second kappa shape index (κ2) is 14.4. The van der Waals surface area contributed by atoms with Gasteiger partial charge in [0.15, 0.2) is 15.3 Å². The minimum Gasteiger partial charge on any atom is -0.496 e. The second-order valence-corrected chi connectivity index (χ2v) is 15.3. The van der Waals surface area contributed by atoms with Crippen LogP contribution >= 0.6 is 27.3 Å². The van der Waals surface area contributed by atoms with Crippen LogP contribution in [0, 0.1) is 5.82 Å². The lowest BCUT2D eigenvalue weighted by atomic mass is 10.1. The van der Waals surface area contributed by atoms with Crippen LogP contribution in [-0.2, 0) is 21.2 Å². The third-order valence-electron chi connectivity index (χ3n) is 7.35. The van der Waals surface area contributed by atoms with Crippen molar-refractivity contribution in [2.45, 2.75) is 57.5 Å². The predicted molar refractivity (Wildman–Crippen MR) is 183 cm³/mol. The van der Waals surface area contributed by atoms with Crippen LogP contribution in [-0.4, -0.2) is 41.2 Å². The number of halogens is 2. The Morgan fingerprint density at radius 1 is 1.04 bits per heavy atom. The number of fused-ring (bicyclic) bond motifs is 1. The molecule has 0 amide bonds. The first-order valence-electron chi connectivity index (χ1n) is 14.6. The molecule has 5 rings (SSSR count). The number of ether oxygens (including phenoxy) is 3. The average molecular weight is 730 g/mol. The topological polar surface area (TPSA) is 113 Å². The van der Waals surface area contributed by atoms with Gasteiger partial charge in [0, 0.05) is 28.1 Å². The smallest absolute Gasteiger partial charge is 0.179 e. The molecule has 1 N–H and O–H groups in total. The van der Waals surface area contributed by atoms with Crippen molar-refractivity contribution in [3.05, 3.63) is 87.2 Å². The molecule has 0 radical (unpaired) electrons. The Labute approximate surface area is 280 Å². The fraction of sp³-hybridized carbons (Fsp3) is 0.303. The third-order valence-corrected chi connectivity index (χ3v) is 11.3. The number of nitrogens with one attached hydrogen (secondary N) is 1. The van der Waals surface area contributed by atoms with E-state index in [-0.39, 0.29) is 12.4 Å². The van der Waals surface area contributed by atoms with E-state index < -0.39 is 26.6 Å². The highest BCUT2D eigenvalue weighted by molar-refractivity contribution is 9.10. The van der Waals surface area contributed by atoms with Gasteiger partial charge in [-0.3, -0.25) is 0 Å². The van der Waals surface area contributed by atoms with Crippen molar-refractivity contribution in [3.63, 3.8) is 0 Å². The zero-order valence-electron chi connectivity index (χ0n) is 26.0. The summed E-state index contributed by atoms with van der Waals surface area (Å²) in [6.07, 6.45) is 1.56. The van der Waals surface area contributed by atoms with Crippen molar-refractivity contribution >= 4 is 59.5 Å². The van der Waals surface area contributed by atoms with Crippen LogP contribution < -0.4 is 14.8 Å². The summed E-state index contributed by atoms with van der Waals surface area (Å²) in [5.74, 6) is 1.46. The van der Waals surface area contributed by atoms with Crippen molar-refractivity contribution in [1.29, 1.82) is 0 Å². The number of hydrogen-bond acceptors (Lipinski definition) is 10. The van der Waals surface area contributed by atoms with Crippen molar-refractivity contribution in [3.8, 4) is 22.8 Å². The molecule has 0 bridgehead atoms. The Kier molecular flexibility index (Phi) is 10.6. The molecule has 0 saturated carbocycles. The lowest BCUT2D eigenvalue weighted by Crippen LogP contribution is -2.29. The number of benzene rings is 3. The number of anilines is 2. The van der Waals surface area contributed by atoms with Crippen LogP contribution in [0.5, 0.6) is 11.5 Å². The fourth-order valence-electron chi connectivity index (χ4n) is 4.75. The summed E-state index contributed by atoms with van der Waals surface area (Å²) < 4.78 is 57.2. The van der Waals surface area contributed by atoms with Gasteiger partial charge >= 0.3 is 0 Å². The first kappa shape index (κ1) is 33.7. The normalized spacial score (nSPS) is 13.1. The molecule has 2 heterocycles. The molecule has 0 aliphatic carbocycles. The fourth-order valence-corrected chi connectivity index (χ4v) is 7.24. The molecule has 0 aliphatic rings. The second-order valence-electron chi connectivity index (χ2n) is 10.8. The molecule has 9 nitrogen and oxygen atoms in total. The molecule has 242 valence electrons. The maximum atomic E-state index is 13.5. The van der Waals surface area contributed by atoms with Gasteiger partial charge in [0.1, 0.15) is 47.2 Å². The summed E-state index contributed by atoms with van der Waals surface area (Å²) in [6, 6.07) is 15.6. The minimum atomic E-state index is -3.43. The summed E-state index contributed by atoms with van der Waals surface area (Å²) in [6.45, 7) is 7.03. The van der Waals surface area contributed by atoms with E-state index in [0.717, 1.165) is 22.2 Å². The van der Waals surface area contributed by atoms with Gasteiger partial charge in [-0.2, -0.15) is 0 Å². The predicted octanol–water partition coefficient (Wildman–Crippen LogP) is 8.62. The van der Waals surface area contributed by atoms with E-state index in [4.69, 9.17) is 19.2 Å². The maximum absolute atomic E-state index is 13.5. The van der Waals surface area contributed by atoms with Gasteiger partial charge in [0.05, 0.1) is 28.0 Å². The lowest BCUT2D eigenvalue weighted by molar-refractivity contribution is 0.0349. The standard InChI is InChI=1S/C33H34BrFN4O5S2/c1-6-29(44-20(4)46(40,41)19(2)3)33-39-28(17-45-33)24-14-25-27(15-31(24)42-5)36-18-37-32(25)38-23-10-11-30(26(34)13-23)43-16-21-8-7-9-22(35)12-21/h7-15,17-20,29H,6,16H2,1-5H3,(H,36,37,38). The van der Waals surface area contributed by atoms with E-state index in [0.29, 0.717) is 44.4 Å². The average Bonchev–Trinajstić information content (AvgIpc) is 3.52. The number of nitrogens with zero attached hydrogens (tertiary/aromatic N) is 3. The van der Waals surface area contributed by atoms with Crippen molar-refractivity contribution in [2.75, 3.05) is 12.4 Å². The van der Waals surface area contributed by atoms with Crippen LogP contribution in [0.3, 0.4) is 0 Å². The number of aromatic nitrogens is 3. The van der Waals surface area contributed by atoms with Crippen LogP contribution in [0.15, 0.2) is 70.8 Å². The number of methoxy groups -OCH3 is 1. The van der Waals surface area contributed by atoms with Gasteiger partial charge in [0.25, 0.3) is 0 Å². The highest BCUT2D eigenvalue weighted by atomic mass is 79.9. The van der Waals surface area contributed by atoms with E-state index in [9.17, 15) is 12.8 Å². The SMILES string of the molecule is CCC(OC(C)S(=O)(=O)C(C)C)c1nc(-c2cc3c(Nc4ccc(OCc5cccc(F)c5)c(Br)c4)ncnc3cc2OC)cs1. The molecular weight excluding hydrogens is 695 g/mol. The van der Waals surface area contributed by atoms with E-state index >= 15 is 0 Å². The Morgan fingerprint density at radius 3 is 2.54 bits per heavy atom. The van der Waals surface area contributed by atoms with E-state index in [1.54, 1.807) is 40.0 Å². The maximum Gasteiger partial charge on any atom is 0.179 e. The quantitative estimate of drug-likeness (QED) is 0.127. The molecule has 0 spiro atoms. The van der Waals surface area contributed by atoms with Crippen molar-refractivity contribution in [2.24, 2.45) is 0 Å². The van der Waals surface area contributed by atoms with Gasteiger partial charge in [-0.25, -0.2) is 27.8 Å². The lowest BCUT2D eigenvalue weighted by Gasteiger charge is -2.21. The highest BCUT2D eigenvalue weighted by Crippen LogP contribution is 2.39. The summed E-state index contributed by atoms with van der Waals surface area (Å²) in [7, 11) is -1.84. The summed E-state index contributed by atoms with van der Waals surface area (Å²) >= 11 is 4.98. The van der Waals surface area contributed by atoms with Crippen LogP contribution in [0.1, 0.15) is 50.8 Å². The number of hydrogen-bond donors (Lipinski definition) is 1. The van der Waals surface area contributed by atoms with E-state index in [1.807, 2.05) is 42.6 Å². The molecule has 0 aliphatic heterocycles. The Bertz CT molecular complexity index is 1950. The Balaban J connectivity index is 1.40. The molecule has 5 aromatic rings. The summed E-state index contributed by atoms with van der Waals surface area (Å²) in [4.78, 5) is 13.8. The molecular formula is C33H34BrFN4O5S2. The molecule has 2 atom stereocenters. The first-order valence-corrected chi connectivity index (χ1v) is 17.9. The van der Waals surface area contributed by atoms with E-state index in [2.05, 4.69) is 31.2 Å². The van der Waals surface area contributed by atoms with Gasteiger partial charge < -0.3 is 19.5 Å². The molecule has 46 heavy (non-hydrogen) atoms. The number of rotatable bonds is 13. The van der Waals surface area contributed by atoms with Gasteiger partial charge in [-0.1, -0.05) is 19.1 Å². The summed E-state index contributed by atoms with van der Waals surface area (Å²) in [5.41, 5.74) is 2.59. The molecule has 0 fully saturated rings. The highest BCUT2D eigenvalue weighted by Gasteiger charge is 2.29. The van der Waals surface area contributed by atoms with Crippen molar-refractivity contribution < 1.29 is 27.0 Å². The van der Waals surface area contributed by atoms with Crippen molar-refractivity contribution in [1.82, 2.24) is 15.0 Å². The van der Waals surface area contributed by atoms with Crippen LogP contribution in [0.2, 0.25) is 0 Å². The molecule has 2 aromatic heterocycles. The largest absolute Gasteiger partial charge is 0.496 e. The van der Waals surface area contributed by atoms with Gasteiger partial charge in [-0.15, -0.1) is 11.3 Å². The zero-order valence-corrected chi connectivity index (χ0v) is 29.2. The minimum absolute atomic E-state index is 0.226.